The van der Waals surface area contributed by atoms with Gasteiger partial charge in [0, 0.05) is 30.3 Å². The number of nitrogens with two attached hydrogens (primary N) is 1. The SMILES string of the molecule is CCCC(N)CC(=O)Nc1cc(F)cc(OC)c1. The van der Waals surface area contributed by atoms with E-state index in [-0.39, 0.29) is 18.4 Å². The van der Waals surface area contributed by atoms with Crippen molar-refractivity contribution in [2.75, 3.05) is 12.4 Å². The Balaban J connectivity index is 2.61. The van der Waals surface area contributed by atoms with Crippen molar-refractivity contribution < 1.29 is 13.9 Å². The van der Waals surface area contributed by atoms with Gasteiger partial charge < -0.3 is 15.8 Å². The number of ether oxygens (including phenoxy) is 1. The van der Waals surface area contributed by atoms with Crippen molar-refractivity contribution >= 4 is 11.6 Å². The Morgan fingerprint density at radius 2 is 2.22 bits per heavy atom. The second-order valence-corrected chi connectivity index (χ2v) is 4.18. The molecule has 100 valence electrons. The molecule has 0 aromatic heterocycles. The van der Waals surface area contributed by atoms with Crippen molar-refractivity contribution in [3.05, 3.63) is 24.0 Å². The zero-order chi connectivity index (χ0) is 13.5. The standard InChI is InChI=1S/C13H19FN2O2/c1-3-4-10(15)7-13(17)16-11-5-9(14)6-12(8-11)18-2/h5-6,8,10H,3-4,7,15H2,1-2H3,(H,16,17). The van der Waals surface area contributed by atoms with Gasteiger partial charge in [-0.2, -0.15) is 0 Å². The first-order valence-corrected chi connectivity index (χ1v) is 5.95. The summed E-state index contributed by atoms with van der Waals surface area (Å²) in [6, 6.07) is 3.89. The number of amides is 1. The molecule has 3 N–H and O–H groups in total. The molecule has 1 rings (SSSR count). The molecule has 0 aliphatic carbocycles. The summed E-state index contributed by atoms with van der Waals surface area (Å²) in [7, 11) is 1.44. The van der Waals surface area contributed by atoms with Crippen LogP contribution in [0, 0.1) is 5.82 Å². The zero-order valence-corrected chi connectivity index (χ0v) is 10.7. The van der Waals surface area contributed by atoms with Gasteiger partial charge in [0.25, 0.3) is 0 Å². The van der Waals surface area contributed by atoms with Crippen LogP contribution in [0.25, 0.3) is 0 Å². The molecule has 0 saturated heterocycles. The molecule has 0 heterocycles. The van der Waals surface area contributed by atoms with E-state index in [1.165, 1.54) is 19.2 Å². The fraction of sp³-hybridized carbons (Fsp3) is 0.462. The third-order valence-electron chi connectivity index (χ3n) is 2.50. The largest absolute Gasteiger partial charge is 0.497 e. The van der Waals surface area contributed by atoms with Gasteiger partial charge in [0.05, 0.1) is 7.11 Å². The Kier molecular flexibility index (Phi) is 5.58. The van der Waals surface area contributed by atoms with E-state index in [1.54, 1.807) is 6.07 Å². The second kappa shape index (κ2) is 6.96. The smallest absolute Gasteiger partial charge is 0.225 e. The lowest BCUT2D eigenvalue weighted by molar-refractivity contribution is -0.116. The number of hydrogen-bond donors (Lipinski definition) is 2. The van der Waals surface area contributed by atoms with E-state index in [2.05, 4.69) is 5.32 Å². The van der Waals surface area contributed by atoms with Crippen LogP contribution in [-0.2, 0) is 4.79 Å². The van der Waals surface area contributed by atoms with Crippen LogP contribution in [0.5, 0.6) is 5.75 Å². The minimum atomic E-state index is -0.456. The molecule has 18 heavy (non-hydrogen) atoms. The minimum Gasteiger partial charge on any atom is -0.497 e. The first kappa shape index (κ1) is 14.4. The Bertz CT molecular complexity index is 410. The van der Waals surface area contributed by atoms with Gasteiger partial charge in [-0.25, -0.2) is 4.39 Å². The summed E-state index contributed by atoms with van der Waals surface area (Å²) in [5.74, 6) is -0.311. The van der Waals surface area contributed by atoms with Crippen LogP contribution in [0.2, 0.25) is 0 Å². The van der Waals surface area contributed by atoms with Gasteiger partial charge in [-0.15, -0.1) is 0 Å². The maximum atomic E-state index is 13.2. The lowest BCUT2D eigenvalue weighted by Gasteiger charge is -2.11. The average molecular weight is 254 g/mol. The number of anilines is 1. The topological polar surface area (TPSA) is 64.4 Å². The quantitative estimate of drug-likeness (QED) is 0.818. The van der Waals surface area contributed by atoms with Crippen molar-refractivity contribution in [1.82, 2.24) is 0 Å². The summed E-state index contributed by atoms with van der Waals surface area (Å²) in [5.41, 5.74) is 6.14. The molecule has 0 spiro atoms. The van der Waals surface area contributed by atoms with Crippen molar-refractivity contribution in [3.63, 3.8) is 0 Å². The summed E-state index contributed by atoms with van der Waals surface area (Å²) < 4.78 is 18.1. The molecule has 1 unspecified atom stereocenters. The van der Waals surface area contributed by atoms with Crippen LogP contribution in [0.4, 0.5) is 10.1 Å². The highest BCUT2D eigenvalue weighted by Gasteiger charge is 2.10. The molecule has 0 bridgehead atoms. The van der Waals surface area contributed by atoms with E-state index < -0.39 is 5.82 Å². The van der Waals surface area contributed by atoms with Gasteiger partial charge in [-0.1, -0.05) is 13.3 Å². The van der Waals surface area contributed by atoms with Gasteiger partial charge in [0.1, 0.15) is 11.6 Å². The number of rotatable bonds is 6. The van der Waals surface area contributed by atoms with E-state index in [9.17, 15) is 9.18 Å². The molecular formula is C13H19FN2O2. The van der Waals surface area contributed by atoms with E-state index in [0.717, 1.165) is 12.8 Å². The maximum Gasteiger partial charge on any atom is 0.225 e. The normalized spacial score (nSPS) is 12.0. The lowest BCUT2D eigenvalue weighted by Crippen LogP contribution is -2.26. The highest BCUT2D eigenvalue weighted by atomic mass is 19.1. The van der Waals surface area contributed by atoms with Crippen LogP contribution in [0.15, 0.2) is 18.2 Å². The minimum absolute atomic E-state index is 0.162. The molecule has 1 aromatic carbocycles. The Morgan fingerprint density at radius 3 is 2.83 bits per heavy atom. The number of methoxy groups -OCH3 is 1. The van der Waals surface area contributed by atoms with Crippen molar-refractivity contribution in [2.45, 2.75) is 32.2 Å². The Labute approximate surface area is 106 Å². The molecule has 1 atom stereocenters. The summed E-state index contributed by atoms with van der Waals surface area (Å²) in [4.78, 5) is 11.7. The average Bonchev–Trinajstić information content (AvgIpc) is 2.27. The highest BCUT2D eigenvalue weighted by Crippen LogP contribution is 2.20. The fourth-order valence-electron chi connectivity index (χ4n) is 1.68. The summed E-state index contributed by atoms with van der Waals surface area (Å²) >= 11 is 0. The first-order valence-electron chi connectivity index (χ1n) is 5.95. The molecule has 1 amide bonds. The third kappa shape index (κ3) is 4.71. The number of carbonyl (C=O) groups excluding carboxylic acids is 1. The van der Waals surface area contributed by atoms with Crippen LogP contribution < -0.4 is 15.8 Å². The Hall–Kier alpha value is -1.62. The number of halogens is 1. The molecule has 1 aromatic rings. The molecule has 0 fully saturated rings. The van der Waals surface area contributed by atoms with Crippen molar-refractivity contribution in [3.8, 4) is 5.75 Å². The van der Waals surface area contributed by atoms with E-state index in [4.69, 9.17) is 10.5 Å². The van der Waals surface area contributed by atoms with Crippen LogP contribution in [0.3, 0.4) is 0 Å². The van der Waals surface area contributed by atoms with Crippen molar-refractivity contribution in [1.29, 1.82) is 0 Å². The van der Waals surface area contributed by atoms with Gasteiger partial charge >= 0.3 is 0 Å². The van der Waals surface area contributed by atoms with E-state index in [1.807, 2.05) is 6.92 Å². The predicted octanol–water partition coefficient (Wildman–Crippen LogP) is 2.29. The summed E-state index contributed by atoms with van der Waals surface area (Å²) in [6.07, 6.45) is 1.95. The lowest BCUT2D eigenvalue weighted by atomic mass is 10.1. The molecule has 0 radical (unpaired) electrons. The maximum absolute atomic E-state index is 13.2. The number of benzene rings is 1. The van der Waals surface area contributed by atoms with Crippen LogP contribution >= 0.6 is 0 Å². The fourth-order valence-corrected chi connectivity index (χ4v) is 1.68. The molecule has 0 aliphatic rings. The highest BCUT2D eigenvalue weighted by molar-refractivity contribution is 5.91. The number of hydrogen-bond acceptors (Lipinski definition) is 3. The third-order valence-corrected chi connectivity index (χ3v) is 2.50. The Morgan fingerprint density at radius 1 is 1.50 bits per heavy atom. The molecule has 0 aliphatic heterocycles. The summed E-state index contributed by atoms with van der Waals surface area (Å²) in [6.45, 7) is 2.01. The number of carbonyl (C=O) groups is 1. The van der Waals surface area contributed by atoms with E-state index >= 15 is 0 Å². The van der Waals surface area contributed by atoms with Crippen molar-refractivity contribution in [2.24, 2.45) is 5.73 Å². The number of nitrogens with one attached hydrogen (secondary N) is 1. The second-order valence-electron chi connectivity index (χ2n) is 4.18. The van der Waals surface area contributed by atoms with Crippen LogP contribution in [0.1, 0.15) is 26.2 Å². The summed E-state index contributed by atoms with van der Waals surface area (Å²) in [5, 5.41) is 2.61. The predicted molar refractivity (Wildman–Crippen MR) is 69.1 cm³/mol. The first-order chi connectivity index (χ1) is 8.55. The monoisotopic (exact) mass is 254 g/mol. The van der Waals surface area contributed by atoms with Gasteiger partial charge in [-0.3, -0.25) is 4.79 Å². The zero-order valence-electron chi connectivity index (χ0n) is 10.7. The van der Waals surface area contributed by atoms with Crippen LogP contribution in [-0.4, -0.2) is 19.1 Å². The molecule has 5 heteroatoms. The molecule has 0 saturated carbocycles. The molecular weight excluding hydrogens is 235 g/mol. The van der Waals surface area contributed by atoms with Gasteiger partial charge in [0.15, 0.2) is 0 Å². The van der Waals surface area contributed by atoms with Gasteiger partial charge in [-0.05, 0) is 12.5 Å². The van der Waals surface area contributed by atoms with Gasteiger partial charge in [0.2, 0.25) is 5.91 Å². The van der Waals surface area contributed by atoms with E-state index in [0.29, 0.717) is 11.4 Å². The molecule has 4 nitrogen and oxygen atoms in total.